The molecule has 1 aliphatic rings. The van der Waals surface area contributed by atoms with Gasteiger partial charge in [-0.25, -0.2) is 9.29 Å². The third-order valence-electron chi connectivity index (χ3n) is 4.99. The smallest absolute Gasteiger partial charge is 0.282 e. The van der Waals surface area contributed by atoms with E-state index in [1.165, 1.54) is 31.4 Å². The number of anilines is 2. The lowest BCUT2D eigenvalue weighted by molar-refractivity contribution is -0.120. The third-order valence-corrected chi connectivity index (χ3v) is 5.22. The number of carbonyl (C=O) groups is 2. The van der Waals surface area contributed by atoms with Crippen LogP contribution in [0.4, 0.5) is 15.8 Å². The van der Waals surface area contributed by atoms with Gasteiger partial charge in [-0.05, 0) is 55.0 Å². The van der Waals surface area contributed by atoms with Gasteiger partial charge >= 0.3 is 0 Å². The molecule has 7 heteroatoms. The Morgan fingerprint density at radius 2 is 1.68 bits per heavy atom. The van der Waals surface area contributed by atoms with Crippen molar-refractivity contribution in [2.75, 3.05) is 17.3 Å². The van der Waals surface area contributed by atoms with E-state index in [1.54, 1.807) is 49.4 Å². The number of methoxy groups -OCH3 is 1. The number of nitrogens with zero attached hydrogens (tertiary/aromatic N) is 1. The topological polar surface area (TPSA) is 58.6 Å². The fourth-order valence-corrected chi connectivity index (χ4v) is 3.63. The zero-order valence-corrected chi connectivity index (χ0v) is 17.5. The van der Waals surface area contributed by atoms with E-state index in [-0.39, 0.29) is 11.3 Å². The second-order valence-electron chi connectivity index (χ2n) is 6.96. The largest absolute Gasteiger partial charge is 0.496 e. The molecule has 0 spiro atoms. The minimum Gasteiger partial charge on any atom is -0.496 e. The Balaban J connectivity index is 1.88. The first kappa shape index (κ1) is 20.6. The molecule has 4 rings (SSSR count). The quantitative estimate of drug-likeness (QED) is 0.559. The second-order valence-corrected chi connectivity index (χ2v) is 7.40. The molecular formula is C24H18ClFN2O3. The summed E-state index contributed by atoms with van der Waals surface area (Å²) in [6.07, 6.45) is 0. The molecule has 0 saturated carbocycles. The highest BCUT2D eigenvalue weighted by atomic mass is 35.5. The van der Waals surface area contributed by atoms with Gasteiger partial charge in [0.1, 0.15) is 17.3 Å². The molecule has 1 aliphatic heterocycles. The average Bonchev–Trinajstić information content (AvgIpc) is 3.00. The molecule has 0 fully saturated rings. The maximum absolute atomic E-state index is 13.6. The van der Waals surface area contributed by atoms with Gasteiger partial charge in [-0.2, -0.15) is 0 Å². The predicted octanol–water partition coefficient (Wildman–Crippen LogP) is 5.19. The Kier molecular flexibility index (Phi) is 5.48. The van der Waals surface area contributed by atoms with Gasteiger partial charge < -0.3 is 10.1 Å². The molecule has 0 bridgehead atoms. The Hall–Kier alpha value is -3.64. The molecule has 5 nitrogen and oxygen atoms in total. The fourth-order valence-electron chi connectivity index (χ4n) is 3.47. The number of aryl methyl sites for hydroxylation is 1. The van der Waals surface area contributed by atoms with Crippen LogP contribution in [0.5, 0.6) is 5.75 Å². The van der Waals surface area contributed by atoms with E-state index >= 15 is 0 Å². The van der Waals surface area contributed by atoms with Gasteiger partial charge in [0.15, 0.2) is 0 Å². The summed E-state index contributed by atoms with van der Waals surface area (Å²) in [5, 5.41) is 3.40. The van der Waals surface area contributed by atoms with Gasteiger partial charge in [-0.3, -0.25) is 9.59 Å². The number of imide groups is 1. The number of carbonyl (C=O) groups excluding carboxylic acids is 2. The van der Waals surface area contributed by atoms with Crippen molar-refractivity contribution in [3.63, 3.8) is 0 Å². The summed E-state index contributed by atoms with van der Waals surface area (Å²) in [6.45, 7) is 1.79. The molecule has 0 saturated heterocycles. The van der Waals surface area contributed by atoms with Crippen LogP contribution in [-0.4, -0.2) is 18.9 Å². The van der Waals surface area contributed by atoms with E-state index in [4.69, 9.17) is 16.3 Å². The second kappa shape index (κ2) is 8.24. The van der Waals surface area contributed by atoms with E-state index in [1.807, 2.05) is 0 Å². The van der Waals surface area contributed by atoms with Crippen molar-refractivity contribution in [3.8, 4) is 5.75 Å². The molecule has 31 heavy (non-hydrogen) atoms. The molecule has 0 atom stereocenters. The summed E-state index contributed by atoms with van der Waals surface area (Å²) >= 11 is 6.14. The molecule has 156 valence electrons. The van der Waals surface area contributed by atoms with Crippen LogP contribution in [0.1, 0.15) is 11.1 Å². The average molecular weight is 437 g/mol. The van der Waals surface area contributed by atoms with Gasteiger partial charge in [-0.15, -0.1) is 0 Å². The third kappa shape index (κ3) is 3.78. The van der Waals surface area contributed by atoms with Crippen LogP contribution in [0.2, 0.25) is 5.02 Å². The monoisotopic (exact) mass is 436 g/mol. The van der Waals surface area contributed by atoms with Gasteiger partial charge in [0.2, 0.25) is 0 Å². The lowest BCUT2D eigenvalue weighted by Gasteiger charge is -2.18. The summed E-state index contributed by atoms with van der Waals surface area (Å²) in [6, 6.07) is 17.5. The van der Waals surface area contributed by atoms with Crippen molar-refractivity contribution in [2.45, 2.75) is 6.92 Å². The van der Waals surface area contributed by atoms with Gasteiger partial charge in [0.05, 0.1) is 18.4 Å². The van der Waals surface area contributed by atoms with Crippen LogP contribution in [0.25, 0.3) is 5.57 Å². The SMILES string of the molecule is COc1ccccc1C1=C(Nc2ccc(F)cc2)C(=O)N(c2cc(Cl)ccc2C)C1=O. The lowest BCUT2D eigenvalue weighted by Crippen LogP contribution is -2.33. The summed E-state index contributed by atoms with van der Waals surface area (Å²) in [5.41, 5.74) is 2.27. The van der Waals surface area contributed by atoms with Gasteiger partial charge in [0, 0.05) is 16.3 Å². The van der Waals surface area contributed by atoms with Crippen LogP contribution in [0, 0.1) is 12.7 Å². The fraction of sp³-hybridized carbons (Fsp3) is 0.0833. The van der Waals surface area contributed by atoms with E-state index < -0.39 is 17.6 Å². The standard InChI is InChI=1S/C24H18ClFN2O3/c1-14-7-8-15(25)13-19(14)28-23(29)21(18-5-3-4-6-20(18)31-2)22(24(28)30)27-17-11-9-16(26)10-12-17/h3-13,27H,1-2H3. The number of hydrogen-bond donors (Lipinski definition) is 1. The molecule has 3 aromatic carbocycles. The molecular weight excluding hydrogens is 419 g/mol. The first-order valence-electron chi connectivity index (χ1n) is 9.46. The summed E-state index contributed by atoms with van der Waals surface area (Å²) < 4.78 is 18.8. The zero-order chi connectivity index (χ0) is 22.1. The van der Waals surface area contributed by atoms with Crippen LogP contribution in [-0.2, 0) is 9.59 Å². The van der Waals surface area contributed by atoms with Crippen LogP contribution in [0.3, 0.4) is 0 Å². The number of hydrogen-bond acceptors (Lipinski definition) is 4. The van der Waals surface area contributed by atoms with E-state index in [2.05, 4.69) is 5.32 Å². The maximum Gasteiger partial charge on any atom is 0.282 e. The highest BCUT2D eigenvalue weighted by Gasteiger charge is 2.41. The molecule has 2 amide bonds. The van der Waals surface area contributed by atoms with Crippen LogP contribution in [0.15, 0.2) is 72.4 Å². The molecule has 3 aromatic rings. The minimum atomic E-state index is -0.541. The van der Waals surface area contributed by atoms with Crippen LogP contribution < -0.4 is 15.0 Å². The number of para-hydroxylation sites is 1. The van der Waals surface area contributed by atoms with Crippen molar-refractivity contribution in [3.05, 3.63) is 94.4 Å². The molecule has 0 unspecified atom stereocenters. The van der Waals surface area contributed by atoms with Crippen molar-refractivity contribution in [1.29, 1.82) is 0 Å². The highest BCUT2D eigenvalue weighted by molar-refractivity contribution is 6.46. The Bertz CT molecular complexity index is 1220. The number of nitrogens with one attached hydrogen (secondary N) is 1. The number of benzene rings is 3. The first-order chi connectivity index (χ1) is 14.9. The van der Waals surface area contributed by atoms with E-state index in [0.29, 0.717) is 33.3 Å². The number of ether oxygens (including phenoxy) is 1. The summed E-state index contributed by atoms with van der Waals surface area (Å²) in [5.74, 6) is -1.01. The highest BCUT2D eigenvalue weighted by Crippen LogP contribution is 2.38. The van der Waals surface area contributed by atoms with Crippen molar-refractivity contribution in [2.24, 2.45) is 0 Å². The predicted molar refractivity (Wildman–Crippen MR) is 119 cm³/mol. The normalized spacial score (nSPS) is 13.7. The van der Waals surface area contributed by atoms with Crippen molar-refractivity contribution < 1.29 is 18.7 Å². The molecule has 1 heterocycles. The van der Waals surface area contributed by atoms with E-state index in [9.17, 15) is 14.0 Å². The van der Waals surface area contributed by atoms with Crippen molar-refractivity contribution in [1.82, 2.24) is 0 Å². The summed E-state index contributed by atoms with van der Waals surface area (Å²) in [7, 11) is 1.49. The molecule has 0 aliphatic carbocycles. The number of amides is 2. The first-order valence-corrected chi connectivity index (χ1v) is 9.83. The maximum atomic E-state index is 13.6. The van der Waals surface area contributed by atoms with Crippen LogP contribution >= 0.6 is 11.6 Å². The van der Waals surface area contributed by atoms with Crippen molar-refractivity contribution >= 4 is 40.4 Å². The molecule has 1 N–H and O–H groups in total. The number of halogens is 2. The van der Waals surface area contributed by atoms with Gasteiger partial charge in [0.25, 0.3) is 11.8 Å². The summed E-state index contributed by atoms with van der Waals surface area (Å²) in [4.78, 5) is 28.1. The van der Waals surface area contributed by atoms with Gasteiger partial charge in [-0.1, -0.05) is 35.9 Å². The molecule has 0 radical (unpaired) electrons. The Morgan fingerprint density at radius 3 is 2.39 bits per heavy atom. The lowest BCUT2D eigenvalue weighted by atomic mass is 10.0. The minimum absolute atomic E-state index is 0.0699. The number of rotatable bonds is 5. The molecule has 0 aromatic heterocycles. The van der Waals surface area contributed by atoms with E-state index in [0.717, 1.165) is 4.90 Å². The Morgan fingerprint density at radius 1 is 0.968 bits per heavy atom. The zero-order valence-electron chi connectivity index (χ0n) is 16.8. The Labute approximate surface area is 183 Å².